The van der Waals surface area contributed by atoms with E-state index >= 15 is 0 Å². The summed E-state index contributed by atoms with van der Waals surface area (Å²) < 4.78 is 9.70. The lowest BCUT2D eigenvalue weighted by atomic mass is 10.4. The first-order valence-corrected chi connectivity index (χ1v) is 7.83. The van der Waals surface area contributed by atoms with Crippen LogP contribution in [0.15, 0.2) is 9.59 Å². The number of aromatic amines is 1. The first kappa shape index (κ1) is 15.8. The topological polar surface area (TPSA) is 89.4 Å². The Balaban J connectivity index is 1.83. The van der Waals surface area contributed by atoms with E-state index in [0.717, 1.165) is 49.9 Å². The second kappa shape index (κ2) is 6.17. The van der Waals surface area contributed by atoms with Crippen LogP contribution in [0.5, 0.6) is 0 Å². The van der Waals surface area contributed by atoms with Crippen molar-refractivity contribution in [1.29, 1.82) is 0 Å². The van der Waals surface area contributed by atoms with Gasteiger partial charge in [0.2, 0.25) is 11.2 Å². The average molecular weight is 324 g/mol. The number of ether oxygens (including phenoxy) is 1. The van der Waals surface area contributed by atoms with Crippen LogP contribution in [0.1, 0.15) is 0 Å². The number of aromatic nitrogens is 4. The number of H-pyrrole nitrogens is 1. The second-order valence-electron chi connectivity index (χ2n) is 5.97. The molecule has 3 heterocycles. The average Bonchev–Trinajstić information content (AvgIpc) is 2.89. The summed E-state index contributed by atoms with van der Waals surface area (Å²) in [4.78, 5) is 29.0. The van der Waals surface area contributed by atoms with Gasteiger partial charge in [0.05, 0.1) is 20.3 Å². The van der Waals surface area contributed by atoms with Gasteiger partial charge in [0.1, 0.15) is 26.2 Å². The molecule has 0 aromatic carbocycles. The van der Waals surface area contributed by atoms with E-state index in [-0.39, 0.29) is 11.2 Å². The number of aryl methyl sites for hydroxylation is 2. The first-order valence-electron chi connectivity index (χ1n) is 7.83. The fourth-order valence-electron chi connectivity index (χ4n) is 3.01. The van der Waals surface area contributed by atoms with Gasteiger partial charge in [-0.15, -0.1) is 0 Å². The molecule has 0 radical (unpaired) electrons. The summed E-state index contributed by atoms with van der Waals surface area (Å²) in [5.74, 6) is 0.728. The number of hydrogen-bond acceptors (Lipinski definition) is 4. The summed E-state index contributed by atoms with van der Waals surface area (Å²) in [6.07, 6.45) is 0. The highest BCUT2D eigenvalue weighted by molar-refractivity contribution is 5.67. The van der Waals surface area contributed by atoms with Crippen LogP contribution in [0, 0.1) is 0 Å². The van der Waals surface area contributed by atoms with Crippen LogP contribution in [0.25, 0.3) is 11.2 Å². The number of anilines is 1. The third-order valence-electron chi connectivity index (χ3n) is 4.52. The molecule has 23 heavy (non-hydrogen) atoms. The smallest absolute Gasteiger partial charge is 0.357 e. The van der Waals surface area contributed by atoms with Crippen LogP contribution < -0.4 is 26.0 Å². The zero-order valence-electron chi connectivity index (χ0n) is 13.8. The van der Waals surface area contributed by atoms with E-state index in [1.165, 1.54) is 16.5 Å². The van der Waals surface area contributed by atoms with Crippen molar-refractivity contribution >= 4 is 17.1 Å². The molecule has 0 bridgehead atoms. The molecule has 9 nitrogen and oxygen atoms in total. The molecule has 0 atom stereocenters. The maximum Gasteiger partial charge on any atom is 0.357 e. The van der Waals surface area contributed by atoms with Crippen LogP contribution in [0.4, 0.5) is 5.95 Å². The zero-order chi connectivity index (χ0) is 16.6. The van der Waals surface area contributed by atoms with E-state index in [1.807, 2.05) is 7.05 Å². The summed E-state index contributed by atoms with van der Waals surface area (Å²) in [5, 5.41) is 3.33. The van der Waals surface area contributed by atoms with Crippen LogP contribution in [0.2, 0.25) is 0 Å². The molecular weight excluding hydrogens is 300 g/mol. The van der Waals surface area contributed by atoms with Gasteiger partial charge in [-0.3, -0.25) is 19.2 Å². The molecule has 0 unspecified atom stereocenters. The van der Waals surface area contributed by atoms with Gasteiger partial charge >= 0.3 is 11.6 Å². The summed E-state index contributed by atoms with van der Waals surface area (Å²) in [7, 11) is 4.96. The maximum absolute atomic E-state index is 12.3. The largest absolute Gasteiger partial charge is 0.370 e. The number of fused-ring (bicyclic) bond motifs is 1. The van der Waals surface area contributed by atoms with E-state index in [9.17, 15) is 9.59 Å². The molecule has 0 spiro atoms. The molecule has 1 fully saturated rings. The van der Waals surface area contributed by atoms with Crippen molar-refractivity contribution in [1.82, 2.24) is 14.1 Å². The minimum atomic E-state index is -0.339. The third-order valence-corrected chi connectivity index (χ3v) is 4.52. The molecular formula is C14H24N6O3+2. The molecule has 1 aliphatic rings. The Morgan fingerprint density at radius 3 is 2.65 bits per heavy atom. The third kappa shape index (κ3) is 2.77. The van der Waals surface area contributed by atoms with E-state index in [2.05, 4.69) is 10.3 Å². The number of nitrogens with one attached hydrogen (secondary N) is 3. The lowest BCUT2D eigenvalue weighted by Gasteiger charge is -2.22. The van der Waals surface area contributed by atoms with E-state index in [4.69, 9.17) is 4.74 Å². The van der Waals surface area contributed by atoms with Gasteiger partial charge in [-0.05, 0) is 0 Å². The number of rotatable bonds is 4. The molecule has 2 aromatic heterocycles. The van der Waals surface area contributed by atoms with Crippen LogP contribution in [-0.4, -0.2) is 53.5 Å². The van der Waals surface area contributed by atoms with Gasteiger partial charge in [-0.25, -0.2) is 14.3 Å². The molecule has 1 saturated heterocycles. The fraction of sp³-hybridized carbons (Fsp3) is 0.643. The van der Waals surface area contributed by atoms with Crippen molar-refractivity contribution in [2.75, 3.05) is 44.7 Å². The summed E-state index contributed by atoms with van der Waals surface area (Å²) in [6, 6.07) is 0. The molecule has 3 rings (SSSR count). The maximum atomic E-state index is 12.3. The van der Waals surface area contributed by atoms with Crippen molar-refractivity contribution in [3.63, 3.8) is 0 Å². The molecule has 1 aliphatic heterocycles. The van der Waals surface area contributed by atoms with E-state index in [1.54, 1.807) is 11.6 Å². The van der Waals surface area contributed by atoms with Gasteiger partial charge < -0.3 is 9.64 Å². The van der Waals surface area contributed by atoms with Crippen molar-refractivity contribution in [3.8, 4) is 0 Å². The quantitative estimate of drug-likeness (QED) is 0.515. The Hall–Kier alpha value is -2.13. The lowest BCUT2D eigenvalue weighted by Crippen LogP contribution is -3.14. The van der Waals surface area contributed by atoms with Crippen LogP contribution in [0.3, 0.4) is 0 Å². The lowest BCUT2D eigenvalue weighted by molar-refractivity contribution is -0.906. The van der Waals surface area contributed by atoms with Crippen molar-refractivity contribution < 1.29 is 14.2 Å². The first-order chi connectivity index (χ1) is 11.0. The standard InChI is InChI=1S/C14H22N6O3/c1-17-10-11(18(2)14(22)19(3)12(10)21)16-13(17)15-4-5-20-6-8-23-9-7-20/h4-9H2,1-3H3,(H,15,16,21)/p+2. The van der Waals surface area contributed by atoms with Crippen molar-refractivity contribution in [3.05, 3.63) is 20.8 Å². The molecule has 126 valence electrons. The molecule has 9 heteroatoms. The highest BCUT2D eigenvalue weighted by Gasteiger charge is 2.22. The number of nitrogens with zero attached hydrogens (tertiary/aromatic N) is 3. The molecule has 2 aromatic rings. The number of hydrogen-bond donors (Lipinski definition) is 3. The Bertz CT molecular complexity index is 828. The Morgan fingerprint density at radius 2 is 1.96 bits per heavy atom. The second-order valence-corrected chi connectivity index (χ2v) is 5.97. The van der Waals surface area contributed by atoms with E-state index in [0.29, 0.717) is 11.2 Å². The van der Waals surface area contributed by atoms with Crippen molar-refractivity contribution in [2.45, 2.75) is 0 Å². The van der Waals surface area contributed by atoms with Gasteiger partial charge in [-0.1, -0.05) is 0 Å². The number of morpholine rings is 1. The van der Waals surface area contributed by atoms with Crippen LogP contribution >= 0.6 is 0 Å². The predicted octanol–water partition coefficient (Wildman–Crippen LogP) is -3.28. The van der Waals surface area contributed by atoms with Crippen LogP contribution in [-0.2, 0) is 25.9 Å². The number of quaternary nitrogens is 1. The highest BCUT2D eigenvalue weighted by Crippen LogP contribution is 2.04. The Kier molecular flexibility index (Phi) is 4.22. The molecule has 0 amide bonds. The Labute approximate surface area is 133 Å². The summed E-state index contributed by atoms with van der Waals surface area (Å²) in [5.41, 5.74) is 0.375. The van der Waals surface area contributed by atoms with Gasteiger partial charge in [0.15, 0.2) is 0 Å². The number of imidazole rings is 1. The predicted molar refractivity (Wildman–Crippen MR) is 84.8 cm³/mol. The zero-order valence-corrected chi connectivity index (χ0v) is 13.8. The van der Waals surface area contributed by atoms with Gasteiger partial charge in [0.25, 0.3) is 5.56 Å². The highest BCUT2D eigenvalue weighted by atomic mass is 16.5. The minimum absolute atomic E-state index is 0.297. The molecule has 0 aliphatic carbocycles. The van der Waals surface area contributed by atoms with Gasteiger partial charge in [0, 0.05) is 14.1 Å². The Morgan fingerprint density at radius 1 is 1.26 bits per heavy atom. The fourth-order valence-corrected chi connectivity index (χ4v) is 3.01. The van der Waals surface area contributed by atoms with Crippen molar-refractivity contribution in [2.24, 2.45) is 21.1 Å². The van der Waals surface area contributed by atoms with E-state index < -0.39 is 0 Å². The summed E-state index contributed by atoms with van der Waals surface area (Å²) in [6.45, 7) is 5.44. The molecule has 3 N–H and O–H groups in total. The monoisotopic (exact) mass is 324 g/mol. The van der Waals surface area contributed by atoms with Gasteiger partial charge in [-0.2, -0.15) is 0 Å². The summed E-state index contributed by atoms with van der Waals surface area (Å²) >= 11 is 0. The SMILES string of the molecule is Cn1c(=O)c2c([nH]c(NCC[NH+]3CCOCC3)[n+]2C)n(C)c1=O. The normalized spacial score (nSPS) is 16.1. The minimum Gasteiger partial charge on any atom is -0.370 e. The molecule has 0 saturated carbocycles.